The summed E-state index contributed by atoms with van der Waals surface area (Å²) >= 11 is 0. The summed E-state index contributed by atoms with van der Waals surface area (Å²) in [5.74, 6) is 0. The Kier molecular flexibility index (Phi) is 18.0. The van der Waals surface area contributed by atoms with Crippen molar-refractivity contribution < 1.29 is 0 Å². The van der Waals surface area contributed by atoms with Gasteiger partial charge in [0.15, 0.2) is 0 Å². The summed E-state index contributed by atoms with van der Waals surface area (Å²) in [5.41, 5.74) is 33.0. The third kappa shape index (κ3) is 12.1. The third-order valence-corrected chi connectivity index (χ3v) is 27.6. The van der Waals surface area contributed by atoms with Crippen molar-refractivity contribution in [3.05, 3.63) is 554 Å². The van der Waals surface area contributed by atoms with Gasteiger partial charge in [0.05, 0.1) is 50.0 Å². The highest BCUT2D eigenvalue weighted by Gasteiger charge is 2.48. The molecule has 0 saturated heterocycles. The molecular weight excluding hydrogens is 1570 g/mol. The van der Waals surface area contributed by atoms with Crippen LogP contribution in [-0.4, -0.2) is 9.13 Å². The lowest BCUT2D eigenvalue weighted by atomic mass is 9.68. The maximum atomic E-state index is 2.48. The van der Waals surface area contributed by atoms with Gasteiger partial charge in [-0.1, -0.05) is 406 Å². The average Bonchev–Trinajstić information content (AvgIpc) is 1.54. The molecule has 0 bridgehead atoms. The number of rotatable bonds is 14. The SMILES string of the molecule is c1ccc(C2(c3ccccc3)c3ccccc3-c3cc(-n4c5ccccc5c5ccc(-c6cccc(N(c7ccc8ccccc8c7)c7cccc8ccccc78)c6)cc54)ccc32)cc1.c1ccc(C2(c3ccccc3)c3ccccc3-c3cc(-n4c5ccccc5c5ccc(-c6cccc(N(c7cccc8ccccc78)c7cccc8ccccc78)c6)cc54)ccc32)cc1. The number of fused-ring (bicyclic) bond motifs is 16. The van der Waals surface area contributed by atoms with E-state index in [4.69, 9.17) is 0 Å². The first-order valence-electron chi connectivity index (χ1n) is 45.0. The monoisotopic (exact) mass is 1650 g/mol. The second-order valence-electron chi connectivity index (χ2n) is 34.5. The number of para-hydroxylation sites is 2. The molecule has 608 valence electrons. The Hall–Kier alpha value is -16.9. The van der Waals surface area contributed by atoms with E-state index in [-0.39, 0.29) is 0 Å². The van der Waals surface area contributed by atoms with E-state index in [0.717, 1.165) is 62.2 Å². The molecule has 2 heterocycles. The smallest absolute Gasteiger partial charge is 0.0713 e. The molecule has 4 nitrogen and oxygen atoms in total. The number of benzene rings is 22. The van der Waals surface area contributed by atoms with Gasteiger partial charge in [0, 0.05) is 66.1 Å². The van der Waals surface area contributed by atoms with Gasteiger partial charge in [-0.3, -0.25) is 0 Å². The summed E-state index contributed by atoms with van der Waals surface area (Å²) in [6, 6.07) is 188. The Morgan fingerprint density at radius 3 is 0.915 bits per heavy atom. The first kappa shape index (κ1) is 75.6. The molecule has 130 heavy (non-hydrogen) atoms. The van der Waals surface area contributed by atoms with Crippen LogP contribution in [0.3, 0.4) is 0 Å². The second kappa shape index (κ2) is 31.0. The molecule has 0 radical (unpaired) electrons. The zero-order valence-corrected chi connectivity index (χ0v) is 71.3. The second-order valence-corrected chi connectivity index (χ2v) is 34.5. The van der Waals surface area contributed by atoms with Crippen LogP contribution in [0.2, 0.25) is 0 Å². The molecule has 0 saturated carbocycles. The Morgan fingerprint density at radius 1 is 0.162 bits per heavy atom. The molecule has 0 N–H and O–H groups in total. The molecular formula is C126H84N4. The maximum Gasteiger partial charge on any atom is 0.0713 e. The lowest BCUT2D eigenvalue weighted by Crippen LogP contribution is -2.28. The summed E-state index contributed by atoms with van der Waals surface area (Å²) in [7, 11) is 0. The first-order chi connectivity index (χ1) is 64.5. The average molecular weight is 1650 g/mol. The fraction of sp³-hybridized carbons (Fsp3) is 0.0159. The molecule has 2 aliphatic carbocycles. The lowest BCUT2D eigenvalue weighted by Gasteiger charge is -2.33. The fourth-order valence-corrected chi connectivity index (χ4v) is 22.0. The molecule has 0 aliphatic heterocycles. The van der Waals surface area contributed by atoms with Crippen LogP contribution in [0.4, 0.5) is 34.1 Å². The summed E-state index contributed by atoms with van der Waals surface area (Å²) in [6.45, 7) is 0. The van der Waals surface area contributed by atoms with Crippen molar-refractivity contribution in [2.75, 3.05) is 9.80 Å². The minimum atomic E-state index is -0.446. The van der Waals surface area contributed by atoms with Gasteiger partial charge in [0.2, 0.25) is 0 Å². The Labute approximate surface area is 755 Å². The minimum Gasteiger partial charge on any atom is -0.310 e. The first-order valence-corrected chi connectivity index (χ1v) is 45.0. The van der Waals surface area contributed by atoms with Gasteiger partial charge in [-0.15, -0.1) is 0 Å². The molecule has 22 aromatic carbocycles. The van der Waals surface area contributed by atoms with E-state index in [9.17, 15) is 0 Å². The van der Waals surface area contributed by atoms with E-state index in [1.54, 1.807) is 0 Å². The maximum absolute atomic E-state index is 2.48. The largest absolute Gasteiger partial charge is 0.310 e. The van der Waals surface area contributed by atoms with Gasteiger partial charge in [-0.2, -0.15) is 0 Å². The van der Waals surface area contributed by atoms with Crippen LogP contribution in [0.1, 0.15) is 44.5 Å². The van der Waals surface area contributed by atoms with Crippen molar-refractivity contribution in [3.8, 4) is 55.9 Å². The van der Waals surface area contributed by atoms with Gasteiger partial charge < -0.3 is 18.9 Å². The number of nitrogens with zero attached hydrogens (tertiary/aromatic N) is 4. The van der Waals surface area contributed by atoms with Crippen LogP contribution >= 0.6 is 0 Å². The molecule has 2 aromatic heterocycles. The summed E-state index contributed by atoms with van der Waals surface area (Å²) in [4.78, 5) is 4.86. The molecule has 0 spiro atoms. The zero-order chi connectivity index (χ0) is 85.8. The number of anilines is 6. The highest BCUT2D eigenvalue weighted by Crippen LogP contribution is 2.59. The van der Waals surface area contributed by atoms with Crippen LogP contribution in [0.15, 0.2) is 510 Å². The topological polar surface area (TPSA) is 16.3 Å². The molecule has 24 aromatic rings. The van der Waals surface area contributed by atoms with Crippen LogP contribution in [-0.2, 0) is 10.8 Å². The Balaban J connectivity index is 0.000000140. The van der Waals surface area contributed by atoms with E-state index in [2.05, 4.69) is 529 Å². The van der Waals surface area contributed by atoms with Gasteiger partial charge in [-0.25, -0.2) is 0 Å². The third-order valence-electron chi connectivity index (χ3n) is 27.6. The highest BCUT2D eigenvalue weighted by atomic mass is 15.2. The zero-order valence-electron chi connectivity index (χ0n) is 71.3. The van der Waals surface area contributed by atoms with Gasteiger partial charge in [-0.05, 0) is 219 Å². The fourth-order valence-electron chi connectivity index (χ4n) is 22.0. The van der Waals surface area contributed by atoms with Crippen LogP contribution < -0.4 is 9.80 Å². The van der Waals surface area contributed by atoms with Crippen LogP contribution in [0.5, 0.6) is 0 Å². The number of hydrogen-bond donors (Lipinski definition) is 0. The van der Waals surface area contributed by atoms with E-state index < -0.39 is 10.8 Å². The van der Waals surface area contributed by atoms with Crippen LogP contribution in [0, 0.1) is 0 Å². The van der Waals surface area contributed by atoms with Crippen LogP contribution in [0.25, 0.3) is 143 Å². The minimum absolute atomic E-state index is 0.446. The van der Waals surface area contributed by atoms with Gasteiger partial charge >= 0.3 is 0 Å². The molecule has 2 aliphatic rings. The van der Waals surface area contributed by atoms with E-state index in [1.165, 1.54) is 159 Å². The van der Waals surface area contributed by atoms with E-state index in [1.807, 2.05) is 0 Å². The molecule has 0 atom stereocenters. The van der Waals surface area contributed by atoms with Crippen molar-refractivity contribution >= 4 is 121 Å². The van der Waals surface area contributed by atoms with E-state index in [0.29, 0.717) is 0 Å². The van der Waals surface area contributed by atoms with Gasteiger partial charge in [0.1, 0.15) is 0 Å². The standard InChI is InChI=1S/2C63H42N2/c1-3-23-47(24-4-1)63(48-25-5-2-6-26-48)57-32-13-11-30-53(57)56-42-50(37-39-58(56)63)65-61-33-14-12-31-54(61)55-38-36-46(41-62(55)65)45-22-15-27-49(40-45)64(59-34-16-20-43-18-7-9-28-51(43)59)60-35-17-21-44-19-8-10-29-52(44)60;1-3-22-48(23-4-1)63(49-24-5-2-6-25-49)58-30-13-11-28-54(58)57-42-52(36-38-59(57)63)65-61-31-14-12-29-55(61)56-37-34-47(41-62(56)65)46-21-15-26-50(40-46)64(51-35-33-43-17-7-8-19-45(43)39-51)60-32-16-20-44-18-9-10-27-53(44)60/h2*1-42H. The van der Waals surface area contributed by atoms with Crippen molar-refractivity contribution in [3.63, 3.8) is 0 Å². The van der Waals surface area contributed by atoms with E-state index >= 15 is 0 Å². The van der Waals surface area contributed by atoms with Gasteiger partial charge in [0.25, 0.3) is 0 Å². The summed E-state index contributed by atoms with van der Waals surface area (Å²) in [5, 5.41) is 14.7. The molecule has 4 heteroatoms. The van der Waals surface area contributed by atoms with Crippen molar-refractivity contribution in [2.45, 2.75) is 10.8 Å². The molecule has 0 fully saturated rings. The molecule has 0 unspecified atom stereocenters. The summed E-state index contributed by atoms with van der Waals surface area (Å²) < 4.78 is 4.95. The van der Waals surface area contributed by atoms with Crippen molar-refractivity contribution in [1.29, 1.82) is 0 Å². The quantitative estimate of drug-likeness (QED) is 0.108. The predicted octanol–water partition coefficient (Wildman–Crippen LogP) is 33.2. The Bertz CT molecular complexity index is 8390. The highest BCUT2D eigenvalue weighted by molar-refractivity contribution is 6.13. The lowest BCUT2D eigenvalue weighted by molar-refractivity contribution is 0.768. The predicted molar refractivity (Wildman–Crippen MR) is 546 cm³/mol. The number of aromatic nitrogens is 2. The van der Waals surface area contributed by atoms with Crippen molar-refractivity contribution in [1.82, 2.24) is 9.13 Å². The molecule has 26 rings (SSSR count). The number of hydrogen-bond acceptors (Lipinski definition) is 2. The summed E-state index contributed by atoms with van der Waals surface area (Å²) in [6.07, 6.45) is 0. The van der Waals surface area contributed by atoms with Crippen molar-refractivity contribution in [2.24, 2.45) is 0 Å². The normalized spacial score (nSPS) is 12.7. The Morgan fingerprint density at radius 2 is 0.477 bits per heavy atom. The molecule has 0 amide bonds.